The molecular formula is C43H38F2N6O9. The molecule has 2 aromatic carbocycles. The first-order valence-corrected chi connectivity index (χ1v) is 19.0. The lowest BCUT2D eigenvalue weighted by Gasteiger charge is -2.31. The van der Waals surface area contributed by atoms with Crippen molar-refractivity contribution in [1.29, 1.82) is 0 Å². The summed E-state index contributed by atoms with van der Waals surface area (Å²) in [4.78, 5) is 77.7. The van der Waals surface area contributed by atoms with Gasteiger partial charge in [-0.2, -0.15) is 0 Å². The van der Waals surface area contributed by atoms with Crippen LogP contribution in [0.5, 0.6) is 0 Å². The molecule has 0 unspecified atom stereocenters. The zero-order valence-corrected chi connectivity index (χ0v) is 32.7. The summed E-state index contributed by atoms with van der Waals surface area (Å²) >= 11 is 0. The van der Waals surface area contributed by atoms with E-state index in [0.29, 0.717) is 64.9 Å². The lowest BCUT2D eigenvalue weighted by Crippen LogP contribution is -2.35. The summed E-state index contributed by atoms with van der Waals surface area (Å²) in [5.74, 6) is -5.34. The highest BCUT2D eigenvalue weighted by Gasteiger charge is 2.44. The zero-order valence-electron chi connectivity index (χ0n) is 32.7. The predicted molar refractivity (Wildman–Crippen MR) is 213 cm³/mol. The van der Waals surface area contributed by atoms with E-state index in [2.05, 4.69) is 14.8 Å². The molecule has 5 heterocycles. The van der Waals surface area contributed by atoms with Crippen LogP contribution in [0.15, 0.2) is 78.0 Å². The summed E-state index contributed by atoms with van der Waals surface area (Å²) in [6.45, 7) is 1.25. The largest absolute Gasteiger partial charge is 0.478 e. The Bertz CT molecular complexity index is 2690. The molecule has 308 valence electrons. The van der Waals surface area contributed by atoms with Crippen molar-refractivity contribution < 1.29 is 47.3 Å². The molecule has 15 nitrogen and oxygen atoms in total. The number of anilines is 2. The van der Waals surface area contributed by atoms with Gasteiger partial charge >= 0.3 is 24.0 Å². The number of carboxylic acids is 1. The summed E-state index contributed by atoms with van der Waals surface area (Å²) in [7, 11) is 4.98. The molecule has 3 aliphatic rings. The molecule has 60 heavy (non-hydrogen) atoms. The average Bonchev–Trinajstić information content (AvgIpc) is 3.93. The average molecular weight is 821 g/mol. The highest BCUT2D eigenvalue weighted by Crippen LogP contribution is 2.52. The molecule has 1 N–H and O–H groups in total. The first-order chi connectivity index (χ1) is 28.8. The number of carbonyl (C=O) groups is 4. The SMILES string of the molecule is CN1C[C@H]2CCN(c3c(-c4cnc5c(c4)c(=O)c(C(=O)OCc4ccccc4)cn5C)cnc4c3-c3c(F)c(F)cc(N(C)C(=O)OCOC(=O)/C=C/C(=O)O)c3C4)[C@H]2C1. The monoisotopic (exact) mass is 820 g/mol. The molecule has 2 fully saturated rings. The van der Waals surface area contributed by atoms with E-state index in [1.54, 1.807) is 42.2 Å². The van der Waals surface area contributed by atoms with Crippen LogP contribution >= 0.6 is 0 Å². The summed E-state index contributed by atoms with van der Waals surface area (Å²) in [5.41, 5.74) is 2.74. The highest BCUT2D eigenvalue weighted by molar-refractivity contribution is 6.00. The van der Waals surface area contributed by atoms with Gasteiger partial charge in [-0.15, -0.1) is 0 Å². The number of aryl methyl sites for hydroxylation is 1. The smallest absolute Gasteiger partial charge is 0.416 e. The van der Waals surface area contributed by atoms with E-state index in [-0.39, 0.29) is 46.8 Å². The maximum absolute atomic E-state index is 16.4. The van der Waals surface area contributed by atoms with Crippen LogP contribution in [0.25, 0.3) is 33.3 Å². The Kier molecular flexibility index (Phi) is 10.6. The molecule has 17 heteroatoms. The van der Waals surface area contributed by atoms with Gasteiger partial charge in [-0.3, -0.25) is 14.7 Å². The van der Waals surface area contributed by atoms with Crippen molar-refractivity contribution in [2.45, 2.75) is 25.5 Å². The van der Waals surface area contributed by atoms with Crippen molar-refractivity contribution in [3.8, 4) is 22.3 Å². The number of aliphatic carboxylic acids is 1. The Balaban J connectivity index is 1.21. The van der Waals surface area contributed by atoms with Gasteiger partial charge in [-0.05, 0) is 36.6 Å². The fourth-order valence-electron chi connectivity index (χ4n) is 8.43. The molecule has 0 saturated carbocycles. The van der Waals surface area contributed by atoms with Gasteiger partial charge in [0.2, 0.25) is 12.2 Å². The van der Waals surface area contributed by atoms with Gasteiger partial charge in [0.1, 0.15) is 17.8 Å². The third-order valence-electron chi connectivity index (χ3n) is 11.2. The van der Waals surface area contributed by atoms with Crippen LogP contribution in [0.4, 0.5) is 25.0 Å². The molecule has 2 atom stereocenters. The number of likely N-dealkylation sites (tertiary alicyclic amines) is 1. The molecule has 2 saturated heterocycles. The Hall–Kier alpha value is -7.01. The van der Waals surface area contributed by atoms with Crippen LogP contribution in [0, 0.1) is 17.6 Å². The molecule has 3 aromatic heterocycles. The number of nitrogens with zero attached hydrogens (tertiary/aromatic N) is 6. The maximum atomic E-state index is 16.4. The van der Waals surface area contributed by atoms with Crippen molar-refractivity contribution in [2.75, 3.05) is 50.3 Å². The number of aromatic nitrogens is 3. The summed E-state index contributed by atoms with van der Waals surface area (Å²) < 4.78 is 49.0. The van der Waals surface area contributed by atoms with Crippen LogP contribution in [0.1, 0.15) is 33.6 Å². The lowest BCUT2D eigenvalue weighted by molar-refractivity contribution is -0.146. The Morgan fingerprint density at radius 3 is 2.53 bits per heavy atom. The number of halogens is 2. The molecule has 0 radical (unpaired) electrons. The number of carbonyl (C=O) groups excluding carboxylic acids is 3. The minimum atomic E-state index is -1.38. The van der Waals surface area contributed by atoms with Gasteiger partial charge in [0, 0.05) is 105 Å². The van der Waals surface area contributed by atoms with Crippen LogP contribution in [-0.4, -0.2) is 95.1 Å². The maximum Gasteiger partial charge on any atom is 0.416 e. The van der Waals surface area contributed by atoms with Gasteiger partial charge in [-0.1, -0.05) is 30.3 Å². The van der Waals surface area contributed by atoms with E-state index in [1.165, 1.54) is 13.2 Å². The quantitative estimate of drug-likeness (QED) is 0.111. The second-order valence-corrected chi connectivity index (χ2v) is 15.0. The predicted octanol–water partition coefficient (Wildman–Crippen LogP) is 5.06. The number of carboxylic acid groups (broad SMARTS) is 1. The topological polar surface area (TPSA) is 174 Å². The van der Waals surface area contributed by atoms with Gasteiger partial charge in [0.15, 0.2) is 11.6 Å². The van der Waals surface area contributed by atoms with E-state index in [4.69, 9.17) is 24.3 Å². The summed E-state index contributed by atoms with van der Waals surface area (Å²) in [6.07, 6.45) is 5.57. The Morgan fingerprint density at radius 1 is 0.983 bits per heavy atom. The molecule has 2 aliphatic heterocycles. The fraction of sp³-hybridized carbons (Fsp3) is 0.279. The number of hydrogen-bond donors (Lipinski definition) is 1. The Labute approximate surface area is 341 Å². The first-order valence-electron chi connectivity index (χ1n) is 19.0. The zero-order chi connectivity index (χ0) is 42.4. The van der Waals surface area contributed by atoms with Crippen molar-refractivity contribution in [3.05, 3.63) is 117 Å². The lowest BCUT2D eigenvalue weighted by atomic mass is 9.96. The minimum absolute atomic E-state index is 0.0124. The molecule has 0 spiro atoms. The second kappa shape index (κ2) is 16.0. The first kappa shape index (κ1) is 39.8. The van der Waals surface area contributed by atoms with Crippen molar-refractivity contribution in [2.24, 2.45) is 13.0 Å². The third kappa shape index (κ3) is 7.31. The molecule has 1 aliphatic carbocycles. The number of pyridine rings is 3. The van der Waals surface area contributed by atoms with E-state index >= 15 is 8.78 Å². The molecule has 8 rings (SSSR count). The number of likely N-dealkylation sites (N-methyl/N-ethyl adjacent to an activating group) is 1. The van der Waals surface area contributed by atoms with E-state index < -0.39 is 47.9 Å². The van der Waals surface area contributed by atoms with E-state index in [0.717, 1.165) is 29.5 Å². The van der Waals surface area contributed by atoms with E-state index in [9.17, 15) is 24.0 Å². The summed E-state index contributed by atoms with van der Waals surface area (Å²) in [6, 6.07) is 11.6. The number of benzene rings is 2. The number of rotatable bonds is 10. The number of hydrogen-bond acceptors (Lipinski definition) is 12. The van der Waals surface area contributed by atoms with Crippen molar-refractivity contribution >= 4 is 46.4 Å². The molecular weight excluding hydrogens is 783 g/mol. The number of esters is 2. The van der Waals surface area contributed by atoms with Crippen LogP contribution in [0.2, 0.25) is 0 Å². The van der Waals surface area contributed by atoms with Crippen LogP contribution < -0.4 is 15.2 Å². The number of fused-ring (bicyclic) bond motifs is 5. The van der Waals surface area contributed by atoms with Crippen LogP contribution in [-0.2, 0) is 43.9 Å². The van der Waals surface area contributed by atoms with E-state index in [1.807, 2.05) is 25.2 Å². The van der Waals surface area contributed by atoms with Gasteiger partial charge < -0.3 is 33.7 Å². The number of amides is 1. The standard InChI is InChI=1S/C43H38F2N6O9/c1-48-18-24-11-12-51(33(24)20-48)39-28(25-13-27-40(55)29(19-49(2)41(27)47-16-25)42(56)58-21-23-7-5-4-6-8-23)17-46-31-14-26-32(15-30(44)38(45)36(26)37(31)39)50(3)43(57)60-22-59-35(54)10-9-34(52)53/h4-10,13,15-17,19,24,33H,11-12,14,18,20-22H2,1-3H3,(H,52,53)/b10-9+/t24-,33+/m1/s1. The normalized spacial score (nSPS) is 16.8. The van der Waals surface area contributed by atoms with Crippen LogP contribution in [0.3, 0.4) is 0 Å². The Morgan fingerprint density at radius 2 is 1.77 bits per heavy atom. The second-order valence-electron chi connectivity index (χ2n) is 15.0. The highest BCUT2D eigenvalue weighted by atomic mass is 19.2. The van der Waals surface area contributed by atoms with Gasteiger partial charge in [0.05, 0.1) is 22.5 Å². The molecule has 0 bridgehead atoms. The third-order valence-corrected chi connectivity index (χ3v) is 11.2. The van der Waals surface area contributed by atoms with Gasteiger partial charge in [0.25, 0.3) is 0 Å². The van der Waals surface area contributed by atoms with Gasteiger partial charge in [-0.25, -0.2) is 32.9 Å². The number of ether oxygens (including phenoxy) is 3. The van der Waals surface area contributed by atoms with Crippen molar-refractivity contribution in [3.63, 3.8) is 0 Å². The molecule has 1 amide bonds. The molecule has 5 aromatic rings. The summed E-state index contributed by atoms with van der Waals surface area (Å²) in [5, 5.41) is 8.84. The minimum Gasteiger partial charge on any atom is -0.478 e. The van der Waals surface area contributed by atoms with Crippen molar-refractivity contribution in [1.82, 2.24) is 19.4 Å². The fourth-order valence-corrected chi connectivity index (χ4v) is 8.43.